The van der Waals surface area contributed by atoms with E-state index in [0.29, 0.717) is 26.1 Å². The average molecular weight is 424 g/mol. The van der Waals surface area contributed by atoms with Crippen molar-refractivity contribution in [2.75, 3.05) is 13.7 Å². The average Bonchev–Trinajstić information content (AvgIpc) is 3.02. The normalized spacial score (nSPS) is 20.4. The van der Waals surface area contributed by atoms with Crippen molar-refractivity contribution < 1.29 is 28.5 Å². The van der Waals surface area contributed by atoms with Crippen LogP contribution in [0.15, 0.2) is 66.7 Å². The van der Waals surface area contributed by atoms with Gasteiger partial charge in [-0.3, -0.25) is 4.79 Å². The van der Waals surface area contributed by atoms with E-state index >= 15 is 0 Å². The lowest BCUT2D eigenvalue weighted by atomic mass is 9.78. The highest BCUT2D eigenvalue weighted by Gasteiger charge is 2.55. The summed E-state index contributed by atoms with van der Waals surface area (Å²) in [6.45, 7) is 6.55. The minimum absolute atomic E-state index is 0.0901. The zero-order chi connectivity index (χ0) is 22.3. The zero-order valence-electron chi connectivity index (χ0n) is 18.0. The van der Waals surface area contributed by atoms with Crippen molar-refractivity contribution in [3.63, 3.8) is 0 Å². The van der Waals surface area contributed by atoms with Crippen LogP contribution in [0.25, 0.3) is 0 Å². The number of ether oxygens (including phenoxy) is 4. The summed E-state index contributed by atoms with van der Waals surface area (Å²) in [5.41, 5.74) is 0.820. The van der Waals surface area contributed by atoms with Crippen molar-refractivity contribution in [1.29, 1.82) is 0 Å². The molecule has 0 saturated carbocycles. The minimum Gasteiger partial charge on any atom is -0.497 e. The number of benzene rings is 2. The van der Waals surface area contributed by atoms with E-state index in [1.165, 1.54) is 0 Å². The molecular formula is C25H28O6. The van der Waals surface area contributed by atoms with Gasteiger partial charge >= 0.3 is 11.9 Å². The standard InChI is InChI=1S/C25H28O6/c1-18-23(26)31-22(10-7-15-29-16-19-8-5-4-6-9-19)25(18,2)24(27)30-17-20-11-13-21(28-3)14-12-20/h4-6,8-9,11-14,22H,1,7,10,15-17H2,2-3H3/t22-,25+/m1/s1. The van der Waals surface area contributed by atoms with Crippen molar-refractivity contribution in [2.45, 2.75) is 39.1 Å². The monoisotopic (exact) mass is 424 g/mol. The summed E-state index contributed by atoms with van der Waals surface area (Å²) >= 11 is 0. The fourth-order valence-electron chi connectivity index (χ4n) is 3.48. The first-order chi connectivity index (χ1) is 14.9. The Labute approximate surface area is 182 Å². The van der Waals surface area contributed by atoms with Crippen molar-refractivity contribution >= 4 is 11.9 Å². The van der Waals surface area contributed by atoms with Gasteiger partial charge in [-0.15, -0.1) is 0 Å². The molecule has 1 saturated heterocycles. The van der Waals surface area contributed by atoms with Crippen LogP contribution < -0.4 is 4.74 Å². The van der Waals surface area contributed by atoms with Crippen LogP contribution in [0.4, 0.5) is 0 Å². The maximum absolute atomic E-state index is 12.9. The Kier molecular flexibility index (Phi) is 7.47. The molecule has 0 aromatic heterocycles. The summed E-state index contributed by atoms with van der Waals surface area (Å²) < 4.78 is 21.8. The van der Waals surface area contributed by atoms with E-state index in [1.807, 2.05) is 42.5 Å². The molecule has 0 bridgehead atoms. The lowest BCUT2D eigenvalue weighted by Crippen LogP contribution is -2.39. The second-order valence-corrected chi connectivity index (χ2v) is 7.68. The van der Waals surface area contributed by atoms with Gasteiger partial charge in [0, 0.05) is 6.61 Å². The van der Waals surface area contributed by atoms with Crippen LogP contribution in [-0.2, 0) is 37.0 Å². The van der Waals surface area contributed by atoms with Crippen molar-refractivity contribution in [3.8, 4) is 5.75 Å². The van der Waals surface area contributed by atoms with Gasteiger partial charge in [0.2, 0.25) is 0 Å². The molecule has 1 heterocycles. The Morgan fingerprint density at radius 1 is 1.06 bits per heavy atom. The van der Waals surface area contributed by atoms with Crippen LogP contribution in [0.2, 0.25) is 0 Å². The quantitative estimate of drug-likeness (QED) is 0.323. The third kappa shape index (κ3) is 5.33. The van der Waals surface area contributed by atoms with Crippen LogP contribution in [0, 0.1) is 5.41 Å². The van der Waals surface area contributed by atoms with Crippen LogP contribution >= 0.6 is 0 Å². The third-order valence-corrected chi connectivity index (χ3v) is 5.59. The third-order valence-electron chi connectivity index (χ3n) is 5.59. The SMILES string of the molecule is C=C1C(=O)O[C@H](CCCOCc2ccccc2)[C@@]1(C)C(=O)OCc1ccc(OC)cc1. The number of hydrogen-bond acceptors (Lipinski definition) is 6. The summed E-state index contributed by atoms with van der Waals surface area (Å²) in [5, 5.41) is 0. The van der Waals surface area contributed by atoms with Crippen molar-refractivity contribution in [1.82, 2.24) is 0 Å². The maximum Gasteiger partial charge on any atom is 0.335 e. The molecule has 0 aliphatic carbocycles. The predicted molar refractivity (Wildman–Crippen MR) is 115 cm³/mol. The Hall–Kier alpha value is -3.12. The van der Waals surface area contributed by atoms with Gasteiger partial charge in [0.05, 0.1) is 19.3 Å². The molecule has 0 unspecified atom stereocenters. The fraction of sp³-hybridized carbons (Fsp3) is 0.360. The van der Waals surface area contributed by atoms with E-state index in [2.05, 4.69) is 6.58 Å². The van der Waals surface area contributed by atoms with Crippen LogP contribution in [0.3, 0.4) is 0 Å². The molecule has 2 aromatic rings. The largest absolute Gasteiger partial charge is 0.497 e. The molecule has 164 valence electrons. The van der Waals surface area contributed by atoms with Gasteiger partial charge in [-0.25, -0.2) is 4.79 Å². The van der Waals surface area contributed by atoms with Gasteiger partial charge in [0.15, 0.2) is 0 Å². The van der Waals surface area contributed by atoms with Gasteiger partial charge < -0.3 is 18.9 Å². The molecule has 6 heteroatoms. The molecule has 6 nitrogen and oxygen atoms in total. The van der Waals surface area contributed by atoms with Gasteiger partial charge in [0.25, 0.3) is 0 Å². The van der Waals surface area contributed by atoms with Gasteiger partial charge in [-0.05, 0) is 43.0 Å². The van der Waals surface area contributed by atoms with Gasteiger partial charge in [-0.2, -0.15) is 0 Å². The first kappa shape index (κ1) is 22.6. The van der Waals surface area contributed by atoms with E-state index in [-0.39, 0.29) is 12.2 Å². The number of carbonyl (C=O) groups is 2. The van der Waals surface area contributed by atoms with Crippen LogP contribution in [0.5, 0.6) is 5.75 Å². The molecule has 3 rings (SSSR count). The van der Waals surface area contributed by atoms with Crippen molar-refractivity contribution in [3.05, 3.63) is 77.9 Å². The first-order valence-corrected chi connectivity index (χ1v) is 10.3. The van der Waals surface area contributed by atoms with Crippen molar-refractivity contribution in [2.24, 2.45) is 5.41 Å². The van der Waals surface area contributed by atoms with E-state index in [0.717, 1.165) is 16.9 Å². The predicted octanol–water partition coefficient (Wildman–Crippen LogP) is 4.22. The molecule has 31 heavy (non-hydrogen) atoms. The van der Waals surface area contributed by atoms with E-state index < -0.39 is 23.5 Å². The molecule has 1 aliphatic rings. The number of methoxy groups -OCH3 is 1. The number of hydrogen-bond donors (Lipinski definition) is 0. The molecule has 2 atom stereocenters. The summed E-state index contributed by atoms with van der Waals surface area (Å²) in [6.07, 6.45) is 0.490. The second kappa shape index (κ2) is 10.3. The van der Waals surface area contributed by atoms with E-state index in [1.54, 1.807) is 26.2 Å². The topological polar surface area (TPSA) is 71.1 Å². The highest BCUT2D eigenvalue weighted by molar-refractivity contribution is 6.00. The maximum atomic E-state index is 12.9. The summed E-state index contributed by atoms with van der Waals surface area (Å²) in [5.74, 6) is -0.353. The molecule has 0 spiro atoms. The Bertz CT molecular complexity index is 905. The molecule has 1 fully saturated rings. The Balaban J connectivity index is 1.53. The number of carbonyl (C=O) groups excluding carboxylic acids is 2. The summed E-state index contributed by atoms with van der Waals surface area (Å²) in [6, 6.07) is 17.1. The minimum atomic E-state index is -1.22. The zero-order valence-corrected chi connectivity index (χ0v) is 18.0. The molecule has 0 amide bonds. The summed E-state index contributed by atoms with van der Waals surface area (Å²) in [4.78, 5) is 25.1. The second-order valence-electron chi connectivity index (χ2n) is 7.68. The van der Waals surface area contributed by atoms with E-state index in [4.69, 9.17) is 18.9 Å². The van der Waals surface area contributed by atoms with E-state index in [9.17, 15) is 9.59 Å². The lowest BCUT2D eigenvalue weighted by molar-refractivity contribution is -0.158. The molecule has 2 aromatic carbocycles. The number of esters is 2. The lowest BCUT2D eigenvalue weighted by Gasteiger charge is -2.27. The molecule has 1 aliphatic heterocycles. The fourth-order valence-corrected chi connectivity index (χ4v) is 3.48. The summed E-state index contributed by atoms with van der Waals surface area (Å²) in [7, 11) is 1.59. The highest BCUT2D eigenvalue weighted by atomic mass is 16.6. The van der Waals surface area contributed by atoms with Gasteiger partial charge in [-0.1, -0.05) is 49.0 Å². The first-order valence-electron chi connectivity index (χ1n) is 10.3. The number of cyclic esters (lactones) is 1. The highest BCUT2D eigenvalue weighted by Crippen LogP contribution is 2.42. The molecular weight excluding hydrogens is 396 g/mol. The Morgan fingerprint density at radius 2 is 1.74 bits per heavy atom. The molecule has 0 radical (unpaired) electrons. The smallest absolute Gasteiger partial charge is 0.335 e. The number of rotatable bonds is 10. The van der Waals surface area contributed by atoms with Crippen LogP contribution in [-0.4, -0.2) is 31.8 Å². The molecule has 0 N–H and O–H groups in total. The van der Waals surface area contributed by atoms with Gasteiger partial charge in [0.1, 0.15) is 23.9 Å². The Morgan fingerprint density at radius 3 is 2.42 bits per heavy atom. The van der Waals surface area contributed by atoms with Crippen LogP contribution in [0.1, 0.15) is 30.9 Å².